The average Bonchev–Trinajstić information content (AvgIpc) is 2.38. The first-order valence-corrected chi connectivity index (χ1v) is 7.19. The Morgan fingerprint density at radius 1 is 1.05 bits per heavy atom. The maximum absolute atomic E-state index is 11.9. The van der Waals surface area contributed by atoms with Gasteiger partial charge in [-0.1, -0.05) is 41.6 Å². The number of carbonyl (C=O) groups is 1. The van der Waals surface area contributed by atoms with E-state index in [9.17, 15) is 4.79 Å². The van der Waals surface area contributed by atoms with Gasteiger partial charge in [-0.15, -0.1) is 0 Å². The van der Waals surface area contributed by atoms with Gasteiger partial charge >= 0.3 is 0 Å². The van der Waals surface area contributed by atoms with Gasteiger partial charge in [0, 0.05) is 17.0 Å². The second-order valence-electron chi connectivity index (χ2n) is 4.58. The van der Waals surface area contributed by atoms with Crippen LogP contribution in [0.1, 0.15) is 27.3 Å². The van der Waals surface area contributed by atoms with Crippen molar-refractivity contribution in [3.05, 3.63) is 64.3 Å². The van der Waals surface area contributed by atoms with Gasteiger partial charge in [-0.25, -0.2) is 9.97 Å². The van der Waals surface area contributed by atoms with Crippen molar-refractivity contribution in [2.24, 2.45) is 0 Å². The van der Waals surface area contributed by atoms with Gasteiger partial charge in [0.2, 0.25) is 0 Å². The van der Waals surface area contributed by atoms with Crippen molar-refractivity contribution in [2.45, 2.75) is 25.9 Å². The van der Waals surface area contributed by atoms with E-state index in [-0.39, 0.29) is 5.78 Å². The van der Waals surface area contributed by atoms with Crippen LogP contribution in [-0.2, 0) is 0 Å². The summed E-state index contributed by atoms with van der Waals surface area (Å²) in [4.78, 5) is 20.5. The molecule has 2 rings (SSSR count). The van der Waals surface area contributed by atoms with Gasteiger partial charge in [0.15, 0.2) is 10.9 Å². The van der Waals surface area contributed by atoms with E-state index >= 15 is 0 Å². The second kappa shape index (κ2) is 6.48. The SMILES string of the molecule is Cc1ccc(C(=O)/C=C/Sc2nc(C)cc(C)n2)cc1. The van der Waals surface area contributed by atoms with Crippen LogP contribution in [0.4, 0.5) is 0 Å². The minimum Gasteiger partial charge on any atom is -0.289 e. The van der Waals surface area contributed by atoms with E-state index < -0.39 is 0 Å². The largest absolute Gasteiger partial charge is 0.289 e. The van der Waals surface area contributed by atoms with E-state index in [0.717, 1.165) is 17.0 Å². The first-order chi connectivity index (χ1) is 9.54. The predicted molar refractivity (Wildman–Crippen MR) is 82.0 cm³/mol. The molecule has 102 valence electrons. The Morgan fingerprint density at radius 2 is 1.65 bits per heavy atom. The standard InChI is InChI=1S/C16H16N2OS/c1-11-4-6-14(7-5-11)15(19)8-9-20-16-17-12(2)10-13(3)18-16/h4-10H,1-3H3/b9-8+. The molecule has 3 nitrogen and oxygen atoms in total. The Kier molecular flexibility index (Phi) is 4.69. The number of carbonyl (C=O) groups excluding carboxylic acids is 1. The molecule has 2 aromatic rings. The summed E-state index contributed by atoms with van der Waals surface area (Å²) in [5, 5.41) is 2.40. The molecule has 0 N–H and O–H groups in total. The van der Waals surface area contributed by atoms with Crippen LogP contribution in [0.5, 0.6) is 0 Å². The van der Waals surface area contributed by atoms with Gasteiger partial charge in [0.25, 0.3) is 0 Å². The molecule has 20 heavy (non-hydrogen) atoms. The Balaban J connectivity index is 2.02. The summed E-state index contributed by atoms with van der Waals surface area (Å²) in [5.41, 5.74) is 3.69. The number of nitrogens with zero attached hydrogens (tertiary/aromatic N) is 2. The molecular formula is C16H16N2OS. The Bertz CT molecular complexity index is 628. The quantitative estimate of drug-likeness (QED) is 0.370. The average molecular weight is 284 g/mol. The summed E-state index contributed by atoms with van der Waals surface area (Å²) in [7, 11) is 0. The highest BCUT2D eigenvalue weighted by molar-refractivity contribution is 8.02. The molecule has 0 unspecified atom stereocenters. The van der Waals surface area contributed by atoms with Crippen molar-refractivity contribution < 1.29 is 4.79 Å². The highest BCUT2D eigenvalue weighted by atomic mass is 32.2. The van der Waals surface area contributed by atoms with Crippen molar-refractivity contribution in [2.75, 3.05) is 0 Å². The Labute approximate surface area is 123 Å². The normalized spacial score (nSPS) is 10.9. The van der Waals surface area contributed by atoms with Gasteiger partial charge in [0.05, 0.1) is 0 Å². The Morgan fingerprint density at radius 3 is 2.25 bits per heavy atom. The van der Waals surface area contributed by atoms with Crippen LogP contribution in [0.25, 0.3) is 0 Å². The van der Waals surface area contributed by atoms with Crippen molar-refractivity contribution in [3.63, 3.8) is 0 Å². The van der Waals surface area contributed by atoms with Gasteiger partial charge in [-0.3, -0.25) is 4.79 Å². The minimum absolute atomic E-state index is 0.0122. The van der Waals surface area contributed by atoms with Crippen LogP contribution in [0.3, 0.4) is 0 Å². The molecule has 1 aromatic heterocycles. The van der Waals surface area contributed by atoms with Crippen LogP contribution < -0.4 is 0 Å². The summed E-state index contributed by atoms with van der Waals surface area (Å²) in [6.07, 6.45) is 1.55. The first kappa shape index (κ1) is 14.5. The van der Waals surface area contributed by atoms with Gasteiger partial charge in [0.1, 0.15) is 0 Å². The van der Waals surface area contributed by atoms with Crippen LogP contribution >= 0.6 is 11.8 Å². The molecule has 4 heteroatoms. The van der Waals surface area contributed by atoms with E-state index in [0.29, 0.717) is 10.7 Å². The molecule has 0 aliphatic heterocycles. The molecule has 1 heterocycles. The van der Waals surface area contributed by atoms with Crippen LogP contribution in [-0.4, -0.2) is 15.8 Å². The molecule has 0 saturated heterocycles. The number of thioether (sulfide) groups is 1. The fraction of sp³-hybridized carbons (Fsp3) is 0.188. The zero-order chi connectivity index (χ0) is 14.5. The van der Waals surface area contributed by atoms with E-state index in [1.807, 2.05) is 51.1 Å². The summed E-state index contributed by atoms with van der Waals surface area (Å²) >= 11 is 1.35. The number of ketones is 1. The molecule has 0 spiro atoms. The monoisotopic (exact) mass is 284 g/mol. The lowest BCUT2D eigenvalue weighted by atomic mass is 10.1. The zero-order valence-corrected chi connectivity index (χ0v) is 12.6. The van der Waals surface area contributed by atoms with Crippen molar-refractivity contribution >= 4 is 17.5 Å². The van der Waals surface area contributed by atoms with E-state index in [4.69, 9.17) is 0 Å². The lowest BCUT2D eigenvalue weighted by Gasteiger charge is -1.99. The second-order valence-corrected chi connectivity index (χ2v) is 5.46. The van der Waals surface area contributed by atoms with Crippen LogP contribution in [0.15, 0.2) is 47.0 Å². The summed E-state index contributed by atoms with van der Waals surface area (Å²) in [6.45, 7) is 5.86. The number of benzene rings is 1. The number of aryl methyl sites for hydroxylation is 3. The third kappa shape index (κ3) is 4.03. The zero-order valence-electron chi connectivity index (χ0n) is 11.8. The Hall–Kier alpha value is -1.94. The van der Waals surface area contributed by atoms with Crippen LogP contribution in [0, 0.1) is 20.8 Å². The number of hydrogen-bond acceptors (Lipinski definition) is 4. The lowest BCUT2D eigenvalue weighted by molar-refractivity contribution is 0.104. The number of hydrogen-bond donors (Lipinski definition) is 0. The van der Waals surface area contributed by atoms with Gasteiger partial charge in [-0.2, -0.15) is 0 Å². The lowest BCUT2D eigenvalue weighted by Crippen LogP contribution is -1.94. The fourth-order valence-corrected chi connectivity index (χ4v) is 2.42. The third-order valence-electron chi connectivity index (χ3n) is 2.69. The number of allylic oxidation sites excluding steroid dienone is 1. The molecule has 0 radical (unpaired) electrons. The molecule has 0 atom stereocenters. The van der Waals surface area contributed by atoms with E-state index in [1.54, 1.807) is 11.5 Å². The van der Waals surface area contributed by atoms with Crippen molar-refractivity contribution in [3.8, 4) is 0 Å². The summed E-state index contributed by atoms with van der Waals surface area (Å²) < 4.78 is 0. The van der Waals surface area contributed by atoms with Crippen molar-refractivity contribution in [1.29, 1.82) is 0 Å². The summed E-state index contributed by atoms with van der Waals surface area (Å²) in [5.74, 6) is -0.0122. The molecule has 0 saturated carbocycles. The third-order valence-corrected chi connectivity index (χ3v) is 3.36. The predicted octanol–water partition coefficient (Wildman–Crippen LogP) is 3.89. The maximum atomic E-state index is 11.9. The molecular weight excluding hydrogens is 268 g/mol. The van der Waals surface area contributed by atoms with E-state index in [1.165, 1.54) is 11.8 Å². The number of aromatic nitrogens is 2. The molecule has 0 aliphatic carbocycles. The highest BCUT2D eigenvalue weighted by Gasteiger charge is 2.02. The molecule has 0 amide bonds. The van der Waals surface area contributed by atoms with Gasteiger partial charge < -0.3 is 0 Å². The minimum atomic E-state index is -0.0122. The number of rotatable bonds is 4. The van der Waals surface area contributed by atoms with Crippen molar-refractivity contribution in [1.82, 2.24) is 9.97 Å². The molecule has 1 aromatic carbocycles. The van der Waals surface area contributed by atoms with Crippen LogP contribution in [0.2, 0.25) is 0 Å². The maximum Gasteiger partial charge on any atom is 0.192 e. The molecule has 0 fully saturated rings. The first-order valence-electron chi connectivity index (χ1n) is 6.31. The topological polar surface area (TPSA) is 42.9 Å². The fourth-order valence-electron chi connectivity index (χ4n) is 1.72. The molecule has 0 aliphatic rings. The summed E-state index contributed by atoms with van der Waals surface area (Å²) in [6, 6.07) is 9.45. The smallest absolute Gasteiger partial charge is 0.192 e. The molecule has 0 bridgehead atoms. The van der Waals surface area contributed by atoms with E-state index in [2.05, 4.69) is 9.97 Å². The highest BCUT2D eigenvalue weighted by Crippen LogP contribution is 2.16. The van der Waals surface area contributed by atoms with Gasteiger partial charge in [-0.05, 0) is 38.3 Å².